The van der Waals surface area contributed by atoms with Gasteiger partial charge in [-0.05, 0) is 68.8 Å². The summed E-state index contributed by atoms with van der Waals surface area (Å²) in [5.41, 5.74) is 2.25. The summed E-state index contributed by atoms with van der Waals surface area (Å²) >= 11 is 12.1. The molecule has 1 aliphatic heterocycles. The fourth-order valence-electron chi connectivity index (χ4n) is 3.46. The van der Waals surface area contributed by atoms with Crippen molar-refractivity contribution in [3.63, 3.8) is 0 Å². The first-order valence-electron chi connectivity index (χ1n) is 10.3. The molecule has 158 valence electrons. The molecule has 0 amide bonds. The third kappa shape index (κ3) is 6.78. The van der Waals surface area contributed by atoms with Crippen molar-refractivity contribution in [2.75, 3.05) is 46.4 Å². The van der Waals surface area contributed by atoms with Gasteiger partial charge in [0.2, 0.25) is 0 Å². The van der Waals surface area contributed by atoms with E-state index in [2.05, 4.69) is 29.0 Å². The molecule has 29 heavy (non-hydrogen) atoms. The lowest BCUT2D eigenvalue weighted by atomic mass is 10.1. The van der Waals surface area contributed by atoms with Crippen molar-refractivity contribution in [3.05, 3.63) is 57.6 Å². The van der Waals surface area contributed by atoms with Gasteiger partial charge in [-0.25, -0.2) is 0 Å². The predicted molar refractivity (Wildman–Crippen MR) is 121 cm³/mol. The van der Waals surface area contributed by atoms with Gasteiger partial charge in [-0.15, -0.1) is 0 Å². The van der Waals surface area contributed by atoms with Crippen LogP contribution in [-0.4, -0.2) is 56.2 Å². The molecule has 0 unspecified atom stereocenters. The molecule has 0 aliphatic carbocycles. The number of hydrogen-bond acceptors (Lipinski definition) is 4. The highest BCUT2D eigenvalue weighted by Crippen LogP contribution is 2.30. The smallest absolute Gasteiger partial charge is 0.161 e. The molecular formula is C23H30Cl2N2O2. The standard InChI is InChI=1S/C23H30Cl2N2O2/c1-3-28-23-16-18(5-4-10-27-13-11-26(2)12-14-27)7-9-22(23)29-17-19-6-8-20(24)21(25)15-19/h6-9,15-16H,3-5,10-14,17H2,1-2H3. The Bertz CT molecular complexity index is 792. The van der Waals surface area contributed by atoms with Crippen molar-refractivity contribution >= 4 is 23.2 Å². The van der Waals surface area contributed by atoms with Gasteiger partial charge in [0.05, 0.1) is 16.7 Å². The van der Waals surface area contributed by atoms with E-state index in [1.54, 1.807) is 6.07 Å². The number of halogens is 2. The van der Waals surface area contributed by atoms with E-state index >= 15 is 0 Å². The van der Waals surface area contributed by atoms with Crippen LogP contribution < -0.4 is 9.47 Å². The second-order valence-corrected chi connectivity index (χ2v) is 8.31. The van der Waals surface area contributed by atoms with E-state index in [0.29, 0.717) is 23.3 Å². The van der Waals surface area contributed by atoms with E-state index in [9.17, 15) is 0 Å². The van der Waals surface area contributed by atoms with Crippen molar-refractivity contribution in [3.8, 4) is 11.5 Å². The maximum absolute atomic E-state index is 6.09. The molecule has 4 nitrogen and oxygen atoms in total. The van der Waals surface area contributed by atoms with Crippen LogP contribution in [0.15, 0.2) is 36.4 Å². The molecule has 0 atom stereocenters. The van der Waals surface area contributed by atoms with E-state index in [1.165, 1.54) is 31.7 Å². The Hall–Kier alpha value is -1.46. The molecule has 2 aromatic rings. The molecule has 1 saturated heterocycles. The summed E-state index contributed by atoms with van der Waals surface area (Å²) in [6.45, 7) is 8.83. The van der Waals surface area contributed by atoms with E-state index in [1.807, 2.05) is 25.1 Å². The van der Waals surface area contributed by atoms with Crippen LogP contribution in [0.1, 0.15) is 24.5 Å². The third-order valence-electron chi connectivity index (χ3n) is 5.22. The van der Waals surface area contributed by atoms with Gasteiger partial charge in [0.1, 0.15) is 6.61 Å². The van der Waals surface area contributed by atoms with Crippen molar-refractivity contribution in [1.82, 2.24) is 9.80 Å². The lowest BCUT2D eigenvalue weighted by Gasteiger charge is -2.32. The Labute approximate surface area is 184 Å². The van der Waals surface area contributed by atoms with Crippen molar-refractivity contribution in [2.24, 2.45) is 0 Å². The van der Waals surface area contributed by atoms with Crippen molar-refractivity contribution in [2.45, 2.75) is 26.4 Å². The van der Waals surface area contributed by atoms with E-state index < -0.39 is 0 Å². The Morgan fingerprint density at radius 2 is 1.62 bits per heavy atom. The summed E-state index contributed by atoms with van der Waals surface area (Å²) in [6, 6.07) is 11.8. The molecule has 0 radical (unpaired) electrons. The molecule has 0 N–H and O–H groups in total. The number of piperazine rings is 1. The maximum Gasteiger partial charge on any atom is 0.161 e. The highest BCUT2D eigenvalue weighted by atomic mass is 35.5. The average molecular weight is 437 g/mol. The Morgan fingerprint density at radius 3 is 2.34 bits per heavy atom. The molecule has 1 fully saturated rings. The first-order valence-corrected chi connectivity index (χ1v) is 11.0. The zero-order chi connectivity index (χ0) is 20.6. The zero-order valence-electron chi connectivity index (χ0n) is 17.3. The number of ether oxygens (including phenoxy) is 2. The minimum absolute atomic E-state index is 0.416. The number of likely N-dealkylation sites (N-methyl/N-ethyl adjacent to an activating group) is 1. The summed E-state index contributed by atoms with van der Waals surface area (Å²) in [7, 11) is 2.19. The summed E-state index contributed by atoms with van der Waals surface area (Å²) in [5.74, 6) is 1.55. The van der Waals surface area contributed by atoms with Gasteiger partial charge >= 0.3 is 0 Å². The second-order valence-electron chi connectivity index (χ2n) is 7.50. The number of aryl methyl sites for hydroxylation is 1. The van der Waals surface area contributed by atoms with Crippen LogP contribution in [-0.2, 0) is 13.0 Å². The highest BCUT2D eigenvalue weighted by molar-refractivity contribution is 6.42. The normalized spacial score (nSPS) is 15.4. The van der Waals surface area contributed by atoms with Gasteiger partial charge in [0.15, 0.2) is 11.5 Å². The fourth-order valence-corrected chi connectivity index (χ4v) is 3.78. The maximum atomic E-state index is 6.09. The first-order chi connectivity index (χ1) is 14.0. The molecule has 0 aromatic heterocycles. The van der Waals surface area contributed by atoms with Crippen LogP contribution in [0.5, 0.6) is 11.5 Å². The van der Waals surface area contributed by atoms with Gasteiger partial charge in [-0.1, -0.05) is 35.3 Å². The second kappa shape index (κ2) is 11.1. The molecule has 0 bridgehead atoms. The molecule has 0 saturated carbocycles. The van der Waals surface area contributed by atoms with Crippen LogP contribution >= 0.6 is 23.2 Å². The Morgan fingerprint density at radius 1 is 0.862 bits per heavy atom. The van der Waals surface area contributed by atoms with Crippen LogP contribution in [0, 0.1) is 0 Å². The molecule has 2 aromatic carbocycles. The Kier molecular flexibility index (Phi) is 8.49. The van der Waals surface area contributed by atoms with Crippen LogP contribution in [0.25, 0.3) is 0 Å². The number of benzene rings is 2. The summed E-state index contributed by atoms with van der Waals surface area (Å²) in [6.07, 6.45) is 2.19. The monoisotopic (exact) mass is 436 g/mol. The minimum Gasteiger partial charge on any atom is -0.490 e. The zero-order valence-corrected chi connectivity index (χ0v) is 18.8. The van der Waals surface area contributed by atoms with Crippen LogP contribution in [0.3, 0.4) is 0 Å². The summed E-state index contributed by atoms with van der Waals surface area (Å²) in [5, 5.41) is 1.08. The molecular weight excluding hydrogens is 407 g/mol. The molecule has 0 spiro atoms. The fraction of sp³-hybridized carbons (Fsp3) is 0.478. The van der Waals surface area contributed by atoms with E-state index in [4.69, 9.17) is 32.7 Å². The van der Waals surface area contributed by atoms with Crippen LogP contribution in [0.4, 0.5) is 0 Å². The van der Waals surface area contributed by atoms with Crippen molar-refractivity contribution < 1.29 is 9.47 Å². The van der Waals surface area contributed by atoms with Gasteiger partial charge in [-0.3, -0.25) is 0 Å². The van der Waals surface area contributed by atoms with E-state index in [-0.39, 0.29) is 0 Å². The lowest BCUT2D eigenvalue weighted by Crippen LogP contribution is -2.44. The highest BCUT2D eigenvalue weighted by Gasteiger charge is 2.13. The molecule has 1 heterocycles. The SMILES string of the molecule is CCOc1cc(CCCN2CCN(C)CC2)ccc1OCc1ccc(Cl)c(Cl)c1. The van der Waals surface area contributed by atoms with Gasteiger partial charge in [-0.2, -0.15) is 0 Å². The lowest BCUT2D eigenvalue weighted by molar-refractivity contribution is 0.153. The third-order valence-corrected chi connectivity index (χ3v) is 5.96. The number of hydrogen-bond donors (Lipinski definition) is 0. The molecule has 3 rings (SSSR count). The molecule has 1 aliphatic rings. The first kappa shape index (κ1) is 22.2. The van der Waals surface area contributed by atoms with Gasteiger partial charge < -0.3 is 19.3 Å². The molecule has 6 heteroatoms. The summed E-state index contributed by atoms with van der Waals surface area (Å²) < 4.78 is 11.8. The van der Waals surface area contributed by atoms with Crippen molar-refractivity contribution in [1.29, 1.82) is 0 Å². The quantitative estimate of drug-likeness (QED) is 0.542. The largest absolute Gasteiger partial charge is 0.490 e. The topological polar surface area (TPSA) is 24.9 Å². The Balaban J connectivity index is 1.55. The minimum atomic E-state index is 0.416. The van der Waals surface area contributed by atoms with Crippen LogP contribution in [0.2, 0.25) is 10.0 Å². The van der Waals surface area contributed by atoms with E-state index in [0.717, 1.165) is 36.4 Å². The van der Waals surface area contributed by atoms with Gasteiger partial charge in [0, 0.05) is 26.2 Å². The average Bonchev–Trinajstić information content (AvgIpc) is 2.71. The summed E-state index contributed by atoms with van der Waals surface area (Å²) in [4.78, 5) is 4.94. The number of nitrogens with zero attached hydrogens (tertiary/aromatic N) is 2. The van der Waals surface area contributed by atoms with Gasteiger partial charge in [0.25, 0.3) is 0 Å². The predicted octanol–water partition coefficient (Wildman–Crippen LogP) is 5.15. The number of rotatable bonds is 9.